The number of nitrogens with zero attached hydrogens (tertiary/aromatic N) is 2. The number of carbonyl (C=O) groups excluding carboxylic acids is 3. The monoisotopic (exact) mass is 648 g/mol. The molecule has 0 radical (unpaired) electrons. The first kappa shape index (κ1) is 35.4. The second-order valence-electron chi connectivity index (χ2n) is 12.1. The van der Waals surface area contributed by atoms with E-state index in [0.717, 1.165) is 19.3 Å². The molecule has 0 aliphatic carbocycles. The normalized spacial score (nSPS) is 19.8. The van der Waals surface area contributed by atoms with E-state index in [1.165, 1.54) is 29.2 Å². The third-order valence-electron chi connectivity index (χ3n) is 8.24. The van der Waals surface area contributed by atoms with Crippen molar-refractivity contribution in [2.75, 3.05) is 44.0 Å². The predicted molar refractivity (Wildman–Crippen MR) is 179 cm³/mol. The first-order valence-corrected chi connectivity index (χ1v) is 16.0. The van der Waals surface area contributed by atoms with Crippen LogP contribution in [0.25, 0.3) is 0 Å². The van der Waals surface area contributed by atoms with Gasteiger partial charge in [-0.05, 0) is 87.7 Å². The van der Waals surface area contributed by atoms with Crippen LogP contribution in [0.1, 0.15) is 60.7 Å². The van der Waals surface area contributed by atoms with E-state index in [-0.39, 0.29) is 55.1 Å². The standard InChI is InChI=1S/C36H45FN4O6/c1-24-21-41(25(2)23-42)35(44)31-20-30(38-34(43)27-11-6-5-7-12-27)17-18-32(31)47-26(3)10-8-9-19-46-33(24)22-40(4)36(45)39-29-15-13-28(37)14-16-29/h5-7,11-18,20,24-26,33,42H,8-10,19,21-23H2,1-4H3,(H,38,43)(H,39,45)/t24-,25+,26+,33+/m0/s1. The number of anilines is 2. The Hall–Kier alpha value is -4.48. The Morgan fingerprint density at radius 2 is 1.72 bits per heavy atom. The van der Waals surface area contributed by atoms with Crippen LogP contribution in [0.2, 0.25) is 0 Å². The molecule has 3 aromatic rings. The zero-order chi connectivity index (χ0) is 33.9. The number of amides is 4. The van der Waals surface area contributed by atoms with Crippen molar-refractivity contribution in [2.45, 2.75) is 58.3 Å². The van der Waals surface area contributed by atoms with Crippen LogP contribution in [0.3, 0.4) is 0 Å². The Morgan fingerprint density at radius 3 is 2.43 bits per heavy atom. The Labute approximate surface area is 275 Å². The largest absolute Gasteiger partial charge is 0.490 e. The van der Waals surface area contributed by atoms with Gasteiger partial charge in [0.1, 0.15) is 11.6 Å². The minimum atomic E-state index is -0.550. The molecule has 0 spiro atoms. The van der Waals surface area contributed by atoms with Crippen molar-refractivity contribution in [2.24, 2.45) is 5.92 Å². The van der Waals surface area contributed by atoms with Crippen molar-refractivity contribution in [3.05, 3.63) is 89.7 Å². The van der Waals surface area contributed by atoms with Crippen molar-refractivity contribution in [3.8, 4) is 5.75 Å². The lowest BCUT2D eigenvalue weighted by molar-refractivity contribution is -0.0115. The van der Waals surface area contributed by atoms with Crippen molar-refractivity contribution in [1.82, 2.24) is 9.80 Å². The van der Waals surface area contributed by atoms with E-state index in [0.29, 0.717) is 29.3 Å². The molecule has 0 fully saturated rings. The van der Waals surface area contributed by atoms with E-state index in [9.17, 15) is 23.9 Å². The molecule has 1 aliphatic rings. The number of fused-ring (bicyclic) bond motifs is 1. The summed E-state index contributed by atoms with van der Waals surface area (Å²) in [5, 5.41) is 15.8. The van der Waals surface area contributed by atoms with Gasteiger partial charge < -0.3 is 35.0 Å². The zero-order valence-corrected chi connectivity index (χ0v) is 27.4. The van der Waals surface area contributed by atoms with E-state index >= 15 is 0 Å². The highest BCUT2D eigenvalue weighted by atomic mass is 19.1. The van der Waals surface area contributed by atoms with E-state index in [4.69, 9.17) is 9.47 Å². The van der Waals surface area contributed by atoms with Crippen molar-refractivity contribution in [3.63, 3.8) is 0 Å². The first-order chi connectivity index (χ1) is 22.5. The highest BCUT2D eigenvalue weighted by Gasteiger charge is 2.31. The summed E-state index contributed by atoms with van der Waals surface area (Å²) >= 11 is 0. The van der Waals surface area contributed by atoms with Gasteiger partial charge in [-0.1, -0.05) is 25.1 Å². The number of hydrogen-bond donors (Lipinski definition) is 3. The molecule has 1 heterocycles. The third-order valence-corrected chi connectivity index (χ3v) is 8.24. The zero-order valence-electron chi connectivity index (χ0n) is 27.4. The molecule has 0 unspecified atom stereocenters. The molecule has 1 aliphatic heterocycles. The smallest absolute Gasteiger partial charge is 0.321 e. The number of nitrogens with one attached hydrogen (secondary N) is 2. The summed E-state index contributed by atoms with van der Waals surface area (Å²) in [7, 11) is 1.65. The van der Waals surface area contributed by atoms with Gasteiger partial charge in [-0.15, -0.1) is 0 Å². The van der Waals surface area contributed by atoms with Gasteiger partial charge in [-0.25, -0.2) is 9.18 Å². The van der Waals surface area contributed by atoms with Crippen LogP contribution in [0.4, 0.5) is 20.6 Å². The Morgan fingerprint density at radius 1 is 1.02 bits per heavy atom. The molecule has 252 valence electrons. The molecule has 47 heavy (non-hydrogen) atoms. The summed E-state index contributed by atoms with van der Waals surface area (Å²) in [6.45, 7) is 6.28. The number of halogens is 1. The highest BCUT2D eigenvalue weighted by Crippen LogP contribution is 2.29. The number of aliphatic hydroxyl groups excluding tert-OH is 1. The van der Waals surface area contributed by atoms with E-state index in [2.05, 4.69) is 10.6 Å². The minimum Gasteiger partial charge on any atom is -0.490 e. The number of hydrogen-bond acceptors (Lipinski definition) is 6. The van der Waals surface area contributed by atoms with Gasteiger partial charge >= 0.3 is 6.03 Å². The minimum absolute atomic E-state index is 0.200. The summed E-state index contributed by atoms with van der Waals surface area (Å²) in [5.41, 5.74) is 1.64. The van der Waals surface area contributed by atoms with E-state index in [1.54, 1.807) is 61.3 Å². The quantitative estimate of drug-likeness (QED) is 0.288. The number of aliphatic hydroxyl groups is 1. The number of rotatable bonds is 7. The molecule has 10 nitrogen and oxygen atoms in total. The molecule has 4 atom stereocenters. The van der Waals surface area contributed by atoms with E-state index in [1.807, 2.05) is 19.9 Å². The van der Waals surface area contributed by atoms with Gasteiger partial charge in [0, 0.05) is 49.6 Å². The van der Waals surface area contributed by atoms with Gasteiger partial charge in [-0.3, -0.25) is 9.59 Å². The van der Waals surface area contributed by atoms with Crippen LogP contribution in [0.15, 0.2) is 72.8 Å². The highest BCUT2D eigenvalue weighted by molar-refractivity contribution is 6.05. The van der Waals surface area contributed by atoms with Crippen molar-refractivity contribution in [1.29, 1.82) is 0 Å². The molecule has 0 bridgehead atoms. The molecule has 3 N–H and O–H groups in total. The summed E-state index contributed by atoms with van der Waals surface area (Å²) in [5.74, 6) is -0.929. The number of likely N-dealkylation sites (N-methyl/N-ethyl adjacent to an activating group) is 1. The Balaban J connectivity index is 1.59. The fourth-order valence-corrected chi connectivity index (χ4v) is 5.36. The predicted octanol–water partition coefficient (Wildman–Crippen LogP) is 6.04. The number of ether oxygens (including phenoxy) is 2. The molecule has 4 amide bonds. The lowest BCUT2D eigenvalue weighted by Crippen LogP contribution is -2.48. The maximum Gasteiger partial charge on any atom is 0.321 e. The van der Waals surface area contributed by atoms with Crippen LogP contribution >= 0.6 is 0 Å². The fraction of sp³-hybridized carbons (Fsp3) is 0.417. The van der Waals surface area contributed by atoms with Gasteiger partial charge in [0.2, 0.25) is 0 Å². The first-order valence-electron chi connectivity index (χ1n) is 16.0. The number of urea groups is 1. The molecule has 0 saturated heterocycles. The van der Waals surface area contributed by atoms with Crippen LogP contribution < -0.4 is 15.4 Å². The molecule has 11 heteroatoms. The van der Waals surface area contributed by atoms with Gasteiger partial charge in [0.15, 0.2) is 0 Å². The van der Waals surface area contributed by atoms with Gasteiger partial charge in [0.25, 0.3) is 11.8 Å². The average molecular weight is 649 g/mol. The molecule has 0 saturated carbocycles. The molecular formula is C36H45FN4O6. The maximum absolute atomic E-state index is 14.3. The molecule has 4 rings (SSSR count). The summed E-state index contributed by atoms with van der Waals surface area (Å²) in [6.07, 6.45) is 1.68. The lowest BCUT2D eigenvalue weighted by atomic mass is 10.0. The second kappa shape index (κ2) is 16.9. The summed E-state index contributed by atoms with van der Waals surface area (Å²) < 4.78 is 25.9. The van der Waals surface area contributed by atoms with Crippen LogP contribution in [0, 0.1) is 11.7 Å². The van der Waals surface area contributed by atoms with Gasteiger partial charge in [0.05, 0.1) is 30.4 Å². The SMILES string of the molecule is C[C@@H]1CCCCO[C@H](CN(C)C(=O)Nc2ccc(F)cc2)[C@@H](C)CN([C@H](C)CO)C(=O)c2cc(NC(=O)c3ccccc3)ccc2O1. The number of carbonyl (C=O) groups is 3. The van der Waals surface area contributed by atoms with Crippen LogP contribution in [-0.2, 0) is 4.74 Å². The summed E-state index contributed by atoms with van der Waals surface area (Å²) in [4.78, 5) is 43.3. The third kappa shape index (κ3) is 10.0. The van der Waals surface area contributed by atoms with E-state index < -0.39 is 18.0 Å². The fourth-order valence-electron chi connectivity index (χ4n) is 5.36. The number of benzene rings is 3. The van der Waals surface area contributed by atoms with Crippen LogP contribution in [0.5, 0.6) is 5.75 Å². The maximum atomic E-state index is 14.3. The topological polar surface area (TPSA) is 120 Å². The summed E-state index contributed by atoms with van der Waals surface area (Å²) in [6, 6.07) is 18.4. The molecular weight excluding hydrogens is 603 g/mol. The Bertz CT molecular complexity index is 1490. The second-order valence-corrected chi connectivity index (χ2v) is 12.1. The Kier molecular flexibility index (Phi) is 12.7. The van der Waals surface area contributed by atoms with Crippen LogP contribution in [-0.4, -0.2) is 84.4 Å². The lowest BCUT2D eigenvalue weighted by Gasteiger charge is -2.35. The average Bonchev–Trinajstić information content (AvgIpc) is 3.07. The van der Waals surface area contributed by atoms with Crippen molar-refractivity contribution >= 4 is 29.2 Å². The van der Waals surface area contributed by atoms with Gasteiger partial charge in [-0.2, -0.15) is 0 Å². The van der Waals surface area contributed by atoms with Crippen molar-refractivity contribution < 1.29 is 33.4 Å². The molecule has 0 aromatic heterocycles. The molecule has 3 aromatic carbocycles.